The van der Waals surface area contributed by atoms with Gasteiger partial charge in [-0.3, -0.25) is 4.79 Å². The van der Waals surface area contributed by atoms with Crippen LogP contribution in [0.1, 0.15) is 55.5 Å². The molecule has 138 valence electrons. The number of hydrogen-bond acceptors (Lipinski definition) is 3. The standard InChI is InChI=1S/C19H28N2O3S/c1-4-20-25(23,24)16-8-5-12(2)17(11-16)19(22)21-13(3)18-10-14-6-7-15(18)9-14/h5,8,11,13-15,18,20H,4,6-7,9-10H2,1-3H3,(H,21,22)/t13-,14-,15-,18-/m0/s1. The largest absolute Gasteiger partial charge is 0.349 e. The zero-order valence-corrected chi connectivity index (χ0v) is 16.0. The molecule has 0 saturated heterocycles. The molecule has 2 N–H and O–H groups in total. The number of nitrogens with one attached hydrogen (secondary N) is 2. The van der Waals surface area contributed by atoms with E-state index in [-0.39, 0.29) is 16.8 Å². The van der Waals surface area contributed by atoms with E-state index in [0.717, 1.165) is 17.4 Å². The second-order valence-electron chi connectivity index (χ2n) is 7.58. The van der Waals surface area contributed by atoms with Crippen molar-refractivity contribution in [1.82, 2.24) is 10.0 Å². The van der Waals surface area contributed by atoms with Crippen LogP contribution >= 0.6 is 0 Å². The Morgan fingerprint density at radius 3 is 2.64 bits per heavy atom. The zero-order valence-electron chi connectivity index (χ0n) is 15.2. The maximum Gasteiger partial charge on any atom is 0.251 e. The Hall–Kier alpha value is -1.40. The van der Waals surface area contributed by atoms with Crippen LogP contribution in [-0.4, -0.2) is 26.9 Å². The second kappa shape index (κ2) is 7.08. The van der Waals surface area contributed by atoms with E-state index in [1.165, 1.54) is 31.7 Å². The minimum atomic E-state index is -3.56. The van der Waals surface area contributed by atoms with Gasteiger partial charge in [-0.15, -0.1) is 0 Å². The number of aryl methyl sites for hydroxylation is 1. The lowest BCUT2D eigenvalue weighted by molar-refractivity contribution is 0.0914. The Morgan fingerprint density at radius 2 is 2.04 bits per heavy atom. The molecule has 0 radical (unpaired) electrons. The van der Waals surface area contributed by atoms with Crippen LogP contribution in [0.3, 0.4) is 0 Å². The molecule has 3 rings (SSSR count). The van der Waals surface area contributed by atoms with Gasteiger partial charge in [0.05, 0.1) is 4.90 Å². The van der Waals surface area contributed by atoms with Gasteiger partial charge in [0.15, 0.2) is 0 Å². The lowest BCUT2D eigenvalue weighted by Crippen LogP contribution is -2.40. The first-order valence-corrected chi connectivity index (χ1v) is 10.7. The average Bonchev–Trinajstić information content (AvgIpc) is 3.18. The Morgan fingerprint density at radius 1 is 1.28 bits per heavy atom. The highest BCUT2D eigenvalue weighted by atomic mass is 32.2. The van der Waals surface area contributed by atoms with E-state index in [2.05, 4.69) is 17.0 Å². The smallest absolute Gasteiger partial charge is 0.251 e. The Kier molecular flexibility index (Phi) is 5.21. The molecular weight excluding hydrogens is 336 g/mol. The molecule has 0 aromatic heterocycles. The van der Waals surface area contributed by atoms with Crippen LogP contribution in [0, 0.1) is 24.7 Å². The highest BCUT2D eigenvalue weighted by Crippen LogP contribution is 2.49. The van der Waals surface area contributed by atoms with Gasteiger partial charge in [-0.2, -0.15) is 0 Å². The lowest BCUT2D eigenvalue weighted by atomic mass is 9.84. The van der Waals surface area contributed by atoms with Gasteiger partial charge in [-0.25, -0.2) is 13.1 Å². The molecule has 4 atom stereocenters. The van der Waals surface area contributed by atoms with Crippen molar-refractivity contribution in [2.75, 3.05) is 6.54 Å². The van der Waals surface area contributed by atoms with Crippen LogP contribution in [-0.2, 0) is 10.0 Å². The van der Waals surface area contributed by atoms with E-state index in [0.29, 0.717) is 18.0 Å². The Labute approximate surface area is 150 Å². The molecule has 2 fully saturated rings. The van der Waals surface area contributed by atoms with Gasteiger partial charge >= 0.3 is 0 Å². The fourth-order valence-corrected chi connectivity index (χ4v) is 5.65. The Bertz CT molecular complexity index is 760. The number of rotatable bonds is 6. The van der Waals surface area contributed by atoms with Gasteiger partial charge in [0, 0.05) is 18.2 Å². The molecule has 25 heavy (non-hydrogen) atoms. The van der Waals surface area contributed by atoms with E-state index >= 15 is 0 Å². The molecule has 2 saturated carbocycles. The average molecular weight is 365 g/mol. The number of amides is 1. The SMILES string of the molecule is CCNS(=O)(=O)c1ccc(C)c(C(=O)N[C@@H](C)[C@@H]2C[C@H]3CC[C@H]2C3)c1. The summed E-state index contributed by atoms with van der Waals surface area (Å²) in [5, 5.41) is 3.12. The predicted octanol–water partition coefficient (Wildman–Crippen LogP) is 2.85. The summed E-state index contributed by atoms with van der Waals surface area (Å²) < 4.78 is 26.9. The summed E-state index contributed by atoms with van der Waals surface area (Å²) in [4.78, 5) is 12.9. The number of benzene rings is 1. The van der Waals surface area contributed by atoms with Crippen LogP contribution in [0.4, 0.5) is 0 Å². The molecule has 0 aliphatic heterocycles. The van der Waals surface area contributed by atoms with E-state index in [1.54, 1.807) is 19.1 Å². The van der Waals surface area contributed by atoms with Crippen molar-refractivity contribution in [2.45, 2.75) is 57.4 Å². The minimum absolute atomic E-state index is 0.122. The third kappa shape index (κ3) is 3.75. The van der Waals surface area contributed by atoms with Crippen molar-refractivity contribution in [3.8, 4) is 0 Å². The number of fused-ring (bicyclic) bond motifs is 2. The topological polar surface area (TPSA) is 75.3 Å². The fourth-order valence-electron chi connectivity index (χ4n) is 4.58. The molecule has 2 bridgehead atoms. The maximum atomic E-state index is 12.7. The van der Waals surface area contributed by atoms with Crippen LogP contribution in [0.15, 0.2) is 23.1 Å². The van der Waals surface area contributed by atoms with Gasteiger partial charge in [0.25, 0.3) is 5.91 Å². The van der Waals surface area contributed by atoms with E-state index in [9.17, 15) is 13.2 Å². The first kappa shape index (κ1) is 18.4. The highest BCUT2D eigenvalue weighted by molar-refractivity contribution is 7.89. The first-order chi connectivity index (χ1) is 11.8. The van der Waals surface area contributed by atoms with Crippen molar-refractivity contribution in [3.63, 3.8) is 0 Å². The van der Waals surface area contributed by atoms with Crippen LogP contribution in [0.25, 0.3) is 0 Å². The molecule has 1 aromatic rings. The summed E-state index contributed by atoms with van der Waals surface area (Å²) in [7, 11) is -3.56. The third-order valence-corrected chi connectivity index (χ3v) is 7.44. The predicted molar refractivity (Wildman–Crippen MR) is 97.9 cm³/mol. The molecule has 5 nitrogen and oxygen atoms in total. The molecule has 6 heteroatoms. The molecule has 2 aliphatic carbocycles. The van der Waals surface area contributed by atoms with Crippen molar-refractivity contribution in [2.24, 2.45) is 17.8 Å². The highest BCUT2D eigenvalue weighted by Gasteiger charge is 2.42. The minimum Gasteiger partial charge on any atom is -0.349 e. The molecule has 0 heterocycles. The summed E-state index contributed by atoms with van der Waals surface area (Å²) >= 11 is 0. The van der Waals surface area contributed by atoms with Crippen LogP contribution in [0.5, 0.6) is 0 Å². The maximum absolute atomic E-state index is 12.7. The van der Waals surface area contributed by atoms with Crippen LogP contribution < -0.4 is 10.0 Å². The van der Waals surface area contributed by atoms with E-state index in [1.807, 2.05) is 6.92 Å². The van der Waals surface area contributed by atoms with Gasteiger partial charge < -0.3 is 5.32 Å². The van der Waals surface area contributed by atoms with Crippen molar-refractivity contribution in [1.29, 1.82) is 0 Å². The van der Waals surface area contributed by atoms with E-state index < -0.39 is 10.0 Å². The van der Waals surface area contributed by atoms with Gasteiger partial charge in [0.1, 0.15) is 0 Å². The quantitative estimate of drug-likeness (QED) is 0.815. The Balaban J connectivity index is 1.75. The number of sulfonamides is 1. The molecular formula is C19H28N2O3S. The number of carbonyl (C=O) groups is 1. The zero-order chi connectivity index (χ0) is 18.2. The number of hydrogen-bond donors (Lipinski definition) is 2. The second-order valence-corrected chi connectivity index (χ2v) is 9.35. The molecule has 0 unspecified atom stereocenters. The normalized spacial score (nSPS) is 26.6. The van der Waals surface area contributed by atoms with E-state index in [4.69, 9.17) is 0 Å². The van der Waals surface area contributed by atoms with Gasteiger partial charge in [0.2, 0.25) is 10.0 Å². The lowest BCUT2D eigenvalue weighted by Gasteiger charge is -2.28. The van der Waals surface area contributed by atoms with Crippen molar-refractivity contribution < 1.29 is 13.2 Å². The summed E-state index contributed by atoms with van der Waals surface area (Å²) in [6.45, 7) is 5.97. The fraction of sp³-hybridized carbons (Fsp3) is 0.632. The van der Waals surface area contributed by atoms with Crippen molar-refractivity contribution >= 4 is 15.9 Å². The van der Waals surface area contributed by atoms with Crippen LogP contribution in [0.2, 0.25) is 0 Å². The molecule has 1 aromatic carbocycles. The number of carbonyl (C=O) groups excluding carboxylic acids is 1. The summed E-state index contributed by atoms with van der Waals surface area (Å²) in [6, 6.07) is 4.84. The van der Waals surface area contributed by atoms with Gasteiger partial charge in [-0.05, 0) is 68.6 Å². The van der Waals surface area contributed by atoms with Crippen molar-refractivity contribution in [3.05, 3.63) is 29.3 Å². The first-order valence-electron chi connectivity index (χ1n) is 9.23. The summed E-state index contributed by atoms with van der Waals surface area (Å²) in [5.74, 6) is 1.95. The summed E-state index contributed by atoms with van der Waals surface area (Å²) in [5.41, 5.74) is 1.22. The molecule has 1 amide bonds. The molecule has 2 aliphatic rings. The molecule has 0 spiro atoms. The van der Waals surface area contributed by atoms with Gasteiger partial charge in [-0.1, -0.05) is 19.4 Å². The third-order valence-electron chi connectivity index (χ3n) is 5.89. The monoisotopic (exact) mass is 364 g/mol. The summed E-state index contributed by atoms with van der Waals surface area (Å²) in [6.07, 6.45) is 5.14.